The summed E-state index contributed by atoms with van der Waals surface area (Å²) in [6.45, 7) is 2.85. The van der Waals surface area contributed by atoms with E-state index in [2.05, 4.69) is 0 Å². The Bertz CT molecular complexity index is 225. The maximum Gasteiger partial charge on any atom is 0.124 e. The molecule has 3 nitrogen and oxygen atoms in total. The molecule has 1 fully saturated rings. The lowest BCUT2D eigenvalue weighted by Gasteiger charge is -2.31. The van der Waals surface area contributed by atoms with E-state index in [1.165, 1.54) is 0 Å². The average Bonchev–Trinajstić information content (AvgIpc) is 2.35. The first-order valence-corrected chi connectivity index (χ1v) is 5.29. The van der Waals surface area contributed by atoms with Crippen molar-refractivity contribution >= 4 is 0 Å². The predicted molar refractivity (Wildman–Crippen MR) is 53.0 cm³/mol. The molecule has 0 aliphatic carbocycles. The van der Waals surface area contributed by atoms with Gasteiger partial charge in [0.25, 0.3) is 0 Å². The zero-order valence-corrected chi connectivity index (χ0v) is 8.86. The van der Waals surface area contributed by atoms with Crippen LogP contribution in [-0.4, -0.2) is 32.0 Å². The Balaban J connectivity index is 2.07. The van der Waals surface area contributed by atoms with Gasteiger partial charge in [0.15, 0.2) is 0 Å². The molecule has 2 aliphatic heterocycles. The monoisotopic (exact) mass is 198 g/mol. The van der Waals surface area contributed by atoms with Gasteiger partial charge in [-0.2, -0.15) is 0 Å². The Morgan fingerprint density at radius 2 is 2.29 bits per heavy atom. The van der Waals surface area contributed by atoms with Gasteiger partial charge in [-0.1, -0.05) is 0 Å². The van der Waals surface area contributed by atoms with Gasteiger partial charge in [0.05, 0.1) is 18.0 Å². The lowest BCUT2D eigenvalue weighted by Crippen LogP contribution is -2.36. The van der Waals surface area contributed by atoms with E-state index in [1.54, 1.807) is 7.11 Å². The minimum absolute atomic E-state index is 0.142. The molecule has 0 spiro atoms. The molecule has 0 amide bonds. The van der Waals surface area contributed by atoms with Crippen LogP contribution in [0.3, 0.4) is 0 Å². The Hall–Kier alpha value is -0.540. The third-order valence-corrected chi connectivity index (χ3v) is 2.90. The summed E-state index contributed by atoms with van der Waals surface area (Å²) in [5.74, 6) is 0.967. The van der Waals surface area contributed by atoms with E-state index in [0.29, 0.717) is 0 Å². The summed E-state index contributed by atoms with van der Waals surface area (Å²) >= 11 is 0. The van der Waals surface area contributed by atoms with Crippen molar-refractivity contribution in [3.8, 4) is 0 Å². The van der Waals surface area contributed by atoms with Gasteiger partial charge in [-0.05, 0) is 25.8 Å². The van der Waals surface area contributed by atoms with Crippen molar-refractivity contribution < 1.29 is 14.2 Å². The topological polar surface area (TPSA) is 27.7 Å². The number of rotatable bonds is 1. The molecule has 3 atom stereocenters. The lowest BCUT2D eigenvalue weighted by molar-refractivity contribution is -0.0922. The van der Waals surface area contributed by atoms with E-state index in [0.717, 1.165) is 31.6 Å². The summed E-state index contributed by atoms with van der Waals surface area (Å²) in [6.07, 6.45) is 5.75. The first-order valence-electron chi connectivity index (χ1n) is 5.29. The zero-order valence-electron chi connectivity index (χ0n) is 8.86. The number of methoxy groups -OCH3 is 1. The van der Waals surface area contributed by atoms with Crippen molar-refractivity contribution in [1.29, 1.82) is 0 Å². The van der Waals surface area contributed by atoms with E-state index in [4.69, 9.17) is 14.2 Å². The summed E-state index contributed by atoms with van der Waals surface area (Å²) < 4.78 is 16.9. The highest BCUT2D eigenvalue weighted by Crippen LogP contribution is 2.27. The fourth-order valence-electron chi connectivity index (χ4n) is 2.17. The Kier molecular flexibility index (Phi) is 3.08. The molecular weight excluding hydrogens is 180 g/mol. The van der Waals surface area contributed by atoms with Crippen LogP contribution in [0.4, 0.5) is 0 Å². The standard InChI is InChI=1S/C11H18O3/c1-8-6-9(12-2)7-11-10(14-8)4-3-5-13-11/h6,9-11H,3-5,7H2,1-2H3/t9-,10-,11+/m1/s1. The van der Waals surface area contributed by atoms with Crippen molar-refractivity contribution in [3.05, 3.63) is 11.8 Å². The van der Waals surface area contributed by atoms with Crippen molar-refractivity contribution in [1.82, 2.24) is 0 Å². The molecule has 0 aromatic carbocycles. The summed E-state index contributed by atoms with van der Waals surface area (Å²) in [7, 11) is 1.73. The minimum atomic E-state index is 0.142. The van der Waals surface area contributed by atoms with E-state index in [-0.39, 0.29) is 18.3 Å². The molecule has 0 unspecified atom stereocenters. The summed E-state index contributed by atoms with van der Waals surface area (Å²) in [4.78, 5) is 0. The average molecular weight is 198 g/mol. The SMILES string of the molecule is CO[C@@H]1C=C(C)O[C@@H]2CCCO[C@H]2C1. The highest BCUT2D eigenvalue weighted by atomic mass is 16.5. The molecule has 0 bridgehead atoms. The molecular formula is C11H18O3. The smallest absolute Gasteiger partial charge is 0.124 e. The Morgan fingerprint density at radius 1 is 1.43 bits per heavy atom. The molecule has 0 radical (unpaired) electrons. The third-order valence-electron chi connectivity index (χ3n) is 2.90. The zero-order chi connectivity index (χ0) is 9.97. The highest BCUT2D eigenvalue weighted by molar-refractivity contribution is 5.01. The van der Waals surface area contributed by atoms with E-state index < -0.39 is 0 Å². The van der Waals surface area contributed by atoms with Gasteiger partial charge in [0, 0.05) is 20.1 Å². The quantitative estimate of drug-likeness (QED) is 0.643. The number of fused-ring (bicyclic) bond motifs is 1. The van der Waals surface area contributed by atoms with Crippen molar-refractivity contribution in [2.75, 3.05) is 13.7 Å². The molecule has 0 aromatic rings. The van der Waals surface area contributed by atoms with Crippen LogP contribution in [0.5, 0.6) is 0 Å². The Labute approximate surface area is 85.0 Å². The fourth-order valence-corrected chi connectivity index (χ4v) is 2.17. The molecule has 80 valence electrons. The predicted octanol–water partition coefficient (Wildman–Crippen LogP) is 1.87. The van der Waals surface area contributed by atoms with Crippen molar-refractivity contribution in [2.45, 2.75) is 44.5 Å². The fraction of sp³-hybridized carbons (Fsp3) is 0.818. The van der Waals surface area contributed by atoms with Crippen LogP contribution in [0, 0.1) is 0 Å². The second-order valence-corrected chi connectivity index (χ2v) is 3.99. The molecule has 1 saturated heterocycles. The number of hydrogen-bond donors (Lipinski definition) is 0. The molecule has 0 saturated carbocycles. The maximum atomic E-state index is 5.80. The second kappa shape index (κ2) is 4.32. The van der Waals surface area contributed by atoms with Crippen LogP contribution in [0.1, 0.15) is 26.2 Å². The molecule has 0 aromatic heterocycles. The van der Waals surface area contributed by atoms with Gasteiger partial charge in [0.1, 0.15) is 6.10 Å². The van der Waals surface area contributed by atoms with Gasteiger partial charge >= 0.3 is 0 Å². The van der Waals surface area contributed by atoms with Crippen LogP contribution < -0.4 is 0 Å². The molecule has 2 rings (SSSR count). The van der Waals surface area contributed by atoms with Gasteiger partial charge in [-0.25, -0.2) is 0 Å². The van der Waals surface area contributed by atoms with Crippen LogP contribution in [0.15, 0.2) is 11.8 Å². The molecule has 2 aliphatic rings. The van der Waals surface area contributed by atoms with Crippen LogP contribution in [0.25, 0.3) is 0 Å². The number of hydrogen-bond acceptors (Lipinski definition) is 3. The molecule has 14 heavy (non-hydrogen) atoms. The van der Waals surface area contributed by atoms with E-state index >= 15 is 0 Å². The van der Waals surface area contributed by atoms with Gasteiger partial charge in [-0.3, -0.25) is 0 Å². The molecule has 0 N–H and O–H groups in total. The largest absolute Gasteiger partial charge is 0.493 e. The van der Waals surface area contributed by atoms with Crippen molar-refractivity contribution in [3.63, 3.8) is 0 Å². The third kappa shape index (κ3) is 2.10. The first kappa shape index (κ1) is 9.99. The van der Waals surface area contributed by atoms with E-state index in [1.807, 2.05) is 13.0 Å². The van der Waals surface area contributed by atoms with Gasteiger partial charge in [0.2, 0.25) is 0 Å². The van der Waals surface area contributed by atoms with Crippen LogP contribution >= 0.6 is 0 Å². The number of ether oxygens (including phenoxy) is 3. The van der Waals surface area contributed by atoms with Crippen molar-refractivity contribution in [2.24, 2.45) is 0 Å². The Morgan fingerprint density at radius 3 is 3.07 bits per heavy atom. The van der Waals surface area contributed by atoms with Gasteiger partial charge in [-0.15, -0.1) is 0 Å². The summed E-state index contributed by atoms with van der Waals surface area (Å²) in [5, 5.41) is 0. The minimum Gasteiger partial charge on any atom is -0.493 e. The normalized spacial score (nSPS) is 37.9. The maximum absolute atomic E-state index is 5.80. The molecule has 3 heteroatoms. The lowest BCUT2D eigenvalue weighted by atomic mass is 10.0. The number of allylic oxidation sites excluding steroid dienone is 1. The van der Waals surface area contributed by atoms with Crippen LogP contribution in [-0.2, 0) is 14.2 Å². The van der Waals surface area contributed by atoms with Gasteiger partial charge < -0.3 is 14.2 Å². The second-order valence-electron chi connectivity index (χ2n) is 3.99. The first-order chi connectivity index (χ1) is 6.79. The van der Waals surface area contributed by atoms with E-state index in [9.17, 15) is 0 Å². The van der Waals surface area contributed by atoms with Crippen LogP contribution in [0.2, 0.25) is 0 Å². The summed E-state index contributed by atoms with van der Waals surface area (Å²) in [5.41, 5.74) is 0. The summed E-state index contributed by atoms with van der Waals surface area (Å²) in [6, 6.07) is 0. The molecule has 2 heterocycles. The highest BCUT2D eigenvalue weighted by Gasteiger charge is 2.32.